The maximum atomic E-state index is 5.90. The molecule has 1 atom stereocenters. The van der Waals surface area contributed by atoms with Crippen molar-refractivity contribution in [3.8, 4) is 11.5 Å². The second-order valence-electron chi connectivity index (χ2n) is 4.38. The van der Waals surface area contributed by atoms with E-state index < -0.39 is 0 Å². The number of para-hydroxylation sites is 1. The summed E-state index contributed by atoms with van der Waals surface area (Å²) in [7, 11) is 0. The fraction of sp³-hybridized carbons (Fsp3) is 0.250. The normalized spacial score (nSPS) is 12.2. The van der Waals surface area contributed by atoms with Crippen molar-refractivity contribution in [1.82, 2.24) is 5.32 Å². The highest BCUT2D eigenvalue weighted by molar-refractivity contribution is 9.10. The van der Waals surface area contributed by atoms with Crippen LogP contribution >= 0.6 is 15.9 Å². The van der Waals surface area contributed by atoms with E-state index in [1.165, 1.54) is 5.56 Å². The van der Waals surface area contributed by atoms with Gasteiger partial charge in [0.25, 0.3) is 0 Å². The summed E-state index contributed by atoms with van der Waals surface area (Å²) >= 11 is 3.49. The molecular weight excluding hydrogens is 302 g/mol. The Morgan fingerprint density at radius 2 is 1.95 bits per heavy atom. The zero-order valence-electron chi connectivity index (χ0n) is 11.2. The average molecular weight is 320 g/mol. The maximum Gasteiger partial charge on any atom is 0.141 e. The molecule has 0 spiro atoms. The number of rotatable bonds is 5. The lowest BCUT2D eigenvalue weighted by Crippen LogP contribution is -2.17. The molecule has 0 saturated heterocycles. The van der Waals surface area contributed by atoms with Crippen LogP contribution in [0.2, 0.25) is 0 Å². The van der Waals surface area contributed by atoms with E-state index in [4.69, 9.17) is 4.74 Å². The summed E-state index contributed by atoms with van der Waals surface area (Å²) in [6, 6.07) is 16.4. The Morgan fingerprint density at radius 3 is 2.68 bits per heavy atom. The third kappa shape index (κ3) is 3.82. The molecule has 2 rings (SSSR count). The van der Waals surface area contributed by atoms with Gasteiger partial charge in [-0.1, -0.05) is 31.2 Å². The van der Waals surface area contributed by atoms with Crippen LogP contribution in [0.15, 0.2) is 53.0 Å². The van der Waals surface area contributed by atoms with Gasteiger partial charge in [-0.3, -0.25) is 0 Å². The first-order valence-corrected chi connectivity index (χ1v) is 7.25. The van der Waals surface area contributed by atoms with Crippen LogP contribution in [0.3, 0.4) is 0 Å². The standard InChI is InChI=1S/C16H18BrNO/c1-3-18-12(2)13-7-6-8-14(11-13)19-16-10-5-4-9-15(16)17/h4-12,18H,3H2,1-2H3. The summed E-state index contributed by atoms with van der Waals surface area (Å²) in [4.78, 5) is 0. The van der Waals surface area contributed by atoms with E-state index in [-0.39, 0.29) is 0 Å². The molecule has 0 aliphatic carbocycles. The molecule has 0 bridgehead atoms. The van der Waals surface area contributed by atoms with Gasteiger partial charge in [0.2, 0.25) is 0 Å². The van der Waals surface area contributed by atoms with Crippen LogP contribution in [0.5, 0.6) is 11.5 Å². The second kappa shape index (κ2) is 6.73. The summed E-state index contributed by atoms with van der Waals surface area (Å²) in [5.74, 6) is 1.69. The van der Waals surface area contributed by atoms with Gasteiger partial charge in [-0.2, -0.15) is 0 Å². The first-order chi connectivity index (χ1) is 9.20. The highest BCUT2D eigenvalue weighted by Crippen LogP contribution is 2.30. The highest BCUT2D eigenvalue weighted by atomic mass is 79.9. The number of hydrogen-bond acceptors (Lipinski definition) is 2. The van der Waals surface area contributed by atoms with E-state index in [0.29, 0.717) is 6.04 Å². The Kier molecular flexibility index (Phi) is 5.00. The molecule has 3 heteroatoms. The van der Waals surface area contributed by atoms with Crippen LogP contribution in [0.25, 0.3) is 0 Å². The highest BCUT2D eigenvalue weighted by Gasteiger charge is 2.06. The third-order valence-electron chi connectivity index (χ3n) is 2.93. The molecule has 19 heavy (non-hydrogen) atoms. The van der Waals surface area contributed by atoms with Gasteiger partial charge in [-0.05, 0) is 59.2 Å². The molecule has 0 aliphatic rings. The molecule has 0 amide bonds. The Morgan fingerprint density at radius 1 is 1.16 bits per heavy atom. The van der Waals surface area contributed by atoms with Crippen LogP contribution in [0.4, 0.5) is 0 Å². The fourth-order valence-electron chi connectivity index (χ4n) is 1.93. The number of ether oxygens (including phenoxy) is 1. The van der Waals surface area contributed by atoms with E-state index in [1.807, 2.05) is 36.4 Å². The van der Waals surface area contributed by atoms with Crippen LogP contribution in [-0.4, -0.2) is 6.54 Å². The number of halogens is 1. The lowest BCUT2D eigenvalue weighted by atomic mass is 10.1. The largest absolute Gasteiger partial charge is 0.456 e. The third-order valence-corrected chi connectivity index (χ3v) is 3.59. The van der Waals surface area contributed by atoms with E-state index >= 15 is 0 Å². The lowest BCUT2D eigenvalue weighted by molar-refractivity contribution is 0.477. The molecule has 0 aromatic heterocycles. The van der Waals surface area contributed by atoms with Gasteiger partial charge in [-0.25, -0.2) is 0 Å². The molecule has 0 radical (unpaired) electrons. The van der Waals surface area contributed by atoms with Gasteiger partial charge >= 0.3 is 0 Å². The fourth-order valence-corrected chi connectivity index (χ4v) is 2.29. The van der Waals surface area contributed by atoms with Gasteiger partial charge < -0.3 is 10.1 Å². The molecule has 2 aromatic carbocycles. The van der Waals surface area contributed by atoms with Gasteiger partial charge in [0.05, 0.1) is 4.47 Å². The summed E-state index contributed by atoms with van der Waals surface area (Å²) < 4.78 is 6.86. The minimum absolute atomic E-state index is 0.327. The van der Waals surface area contributed by atoms with Crippen molar-refractivity contribution >= 4 is 15.9 Å². The molecular formula is C16H18BrNO. The number of nitrogens with one attached hydrogen (secondary N) is 1. The second-order valence-corrected chi connectivity index (χ2v) is 5.24. The SMILES string of the molecule is CCNC(C)c1cccc(Oc2ccccc2Br)c1. The number of hydrogen-bond donors (Lipinski definition) is 1. The van der Waals surface area contributed by atoms with Crippen molar-refractivity contribution < 1.29 is 4.74 Å². The molecule has 2 nitrogen and oxygen atoms in total. The quantitative estimate of drug-likeness (QED) is 0.845. The van der Waals surface area contributed by atoms with Crippen molar-refractivity contribution in [3.05, 3.63) is 58.6 Å². The first kappa shape index (κ1) is 14.1. The minimum Gasteiger partial charge on any atom is -0.456 e. The topological polar surface area (TPSA) is 21.3 Å². The smallest absolute Gasteiger partial charge is 0.141 e. The van der Waals surface area contributed by atoms with E-state index in [9.17, 15) is 0 Å². The summed E-state index contributed by atoms with van der Waals surface area (Å²) in [5.41, 5.74) is 1.23. The zero-order chi connectivity index (χ0) is 13.7. The van der Waals surface area contributed by atoms with Crippen LogP contribution < -0.4 is 10.1 Å². The molecule has 0 heterocycles. The summed E-state index contributed by atoms with van der Waals surface area (Å²) in [5, 5.41) is 3.40. The van der Waals surface area contributed by atoms with Gasteiger partial charge in [0.15, 0.2) is 0 Å². The van der Waals surface area contributed by atoms with Crippen LogP contribution in [0, 0.1) is 0 Å². The number of benzene rings is 2. The zero-order valence-corrected chi connectivity index (χ0v) is 12.8. The summed E-state index contributed by atoms with van der Waals surface area (Å²) in [6.07, 6.45) is 0. The van der Waals surface area contributed by atoms with Crippen molar-refractivity contribution in [2.45, 2.75) is 19.9 Å². The molecule has 100 valence electrons. The monoisotopic (exact) mass is 319 g/mol. The van der Waals surface area contributed by atoms with Crippen molar-refractivity contribution in [2.24, 2.45) is 0 Å². The Balaban J connectivity index is 2.18. The first-order valence-electron chi connectivity index (χ1n) is 6.46. The van der Waals surface area contributed by atoms with Gasteiger partial charge in [0.1, 0.15) is 11.5 Å². The van der Waals surface area contributed by atoms with Gasteiger partial charge in [0, 0.05) is 6.04 Å². The molecule has 1 unspecified atom stereocenters. The lowest BCUT2D eigenvalue weighted by Gasteiger charge is -2.14. The Hall–Kier alpha value is -1.32. The molecule has 0 fully saturated rings. The van der Waals surface area contributed by atoms with Crippen molar-refractivity contribution in [2.75, 3.05) is 6.54 Å². The van der Waals surface area contributed by atoms with E-state index in [1.54, 1.807) is 0 Å². The molecule has 1 N–H and O–H groups in total. The minimum atomic E-state index is 0.327. The van der Waals surface area contributed by atoms with Gasteiger partial charge in [-0.15, -0.1) is 0 Å². The summed E-state index contributed by atoms with van der Waals surface area (Å²) in [6.45, 7) is 5.22. The van der Waals surface area contributed by atoms with E-state index in [2.05, 4.69) is 47.2 Å². The van der Waals surface area contributed by atoms with Crippen molar-refractivity contribution in [3.63, 3.8) is 0 Å². The molecule has 0 aliphatic heterocycles. The maximum absolute atomic E-state index is 5.90. The predicted molar refractivity (Wildman–Crippen MR) is 82.7 cm³/mol. The predicted octanol–water partition coefficient (Wildman–Crippen LogP) is 4.91. The van der Waals surface area contributed by atoms with Crippen LogP contribution in [0.1, 0.15) is 25.5 Å². The molecule has 0 saturated carbocycles. The Labute approximate surface area is 122 Å². The average Bonchev–Trinajstić information content (AvgIpc) is 2.42. The van der Waals surface area contributed by atoms with Crippen LogP contribution in [-0.2, 0) is 0 Å². The van der Waals surface area contributed by atoms with E-state index in [0.717, 1.165) is 22.5 Å². The molecule has 2 aromatic rings. The van der Waals surface area contributed by atoms with Crippen molar-refractivity contribution in [1.29, 1.82) is 0 Å². The Bertz CT molecular complexity index is 542.